The Bertz CT molecular complexity index is 1060. The number of hydrogen-bond donors (Lipinski definition) is 2. The summed E-state index contributed by atoms with van der Waals surface area (Å²) in [6, 6.07) is 9.21. The number of ether oxygens (including phenoxy) is 3. The minimum absolute atomic E-state index is 0.513. The van der Waals surface area contributed by atoms with E-state index in [1.165, 1.54) is 6.33 Å². The molecule has 2 aromatic carbocycles. The molecule has 0 aliphatic carbocycles. The van der Waals surface area contributed by atoms with E-state index in [9.17, 15) is 0 Å². The predicted octanol–water partition coefficient (Wildman–Crippen LogP) is 4.67. The van der Waals surface area contributed by atoms with Crippen molar-refractivity contribution in [2.24, 2.45) is 11.8 Å². The van der Waals surface area contributed by atoms with Crippen molar-refractivity contribution < 1.29 is 14.2 Å². The molecule has 0 saturated carbocycles. The number of nitrogens with one attached hydrogen (secondary N) is 2. The van der Waals surface area contributed by atoms with Gasteiger partial charge in [-0.05, 0) is 49.5 Å². The molecule has 2 unspecified atom stereocenters. The van der Waals surface area contributed by atoms with Crippen molar-refractivity contribution >= 4 is 34.0 Å². The van der Waals surface area contributed by atoms with Crippen molar-refractivity contribution in [2.45, 2.75) is 13.3 Å². The number of piperidine rings is 1. The quantitative estimate of drug-likeness (QED) is 0.550. The normalized spacial score (nSPS) is 18.6. The Kier molecular flexibility index (Phi) is 6.63. The van der Waals surface area contributed by atoms with Crippen LogP contribution in [0.3, 0.4) is 0 Å². The number of benzene rings is 2. The van der Waals surface area contributed by atoms with E-state index in [1.807, 2.05) is 24.3 Å². The fourth-order valence-electron chi connectivity index (χ4n) is 3.80. The highest BCUT2D eigenvalue weighted by Crippen LogP contribution is 2.37. The molecule has 8 heteroatoms. The van der Waals surface area contributed by atoms with Crippen LogP contribution in [0, 0.1) is 11.8 Å². The van der Waals surface area contributed by atoms with Gasteiger partial charge in [-0.2, -0.15) is 0 Å². The lowest BCUT2D eigenvalue weighted by Gasteiger charge is -2.29. The van der Waals surface area contributed by atoms with E-state index >= 15 is 0 Å². The maximum Gasteiger partial charge on any atom is 0.163 e. The molecule has 164 valence electrons. The molecule has 2 atom stereocenters. The summed E-state index contributed by atoms with van der Waals surface area (Å²) in [6.07, 6.45) is 2.62. The third-order valence-electron chi connectivity index (χ3n) is 5.76. The van der Waals surface area contributed by atoms with Crippen LogP contribution in [0.25, 0.3) is 10.9 Å². The molecule has 0 radical (unpaired) electrons. The molecular weight excluding hydrogens is 416 g/mol. The molecule has 7 nitrogen and oxygen atoms in total. The van der Waals surface area contributed by atoms with Crippen molar-refractivity contribution in [1.82, 2.24) is 15.3 Å². The first-order chi connectivity index (χ1) is 15.1. The summed E-state index contributed by atoms with van der Waals surface area (Å²) in [5.41, 5.74) is 1.45. The third kappa shape index (κ3) is 4.78. The molecule has 1 fully saturated rings. The van der Waals surface area contributed by atoms with E-state index in [4.69, 9.17) is 25.8 Å². The summed E-state index contributed by atoms with van der Waals surface area (Å²) in [5, 5.41) is 8.08. The molecule has 0 spiro atoms. The summed E-state index contributed by atoms with van der Waals surface area (Å²) in [7, 11) is 3.25. The maximum absolute atomic E-state index is 6.35. The average Bonchev–Trinajstić information content (AvgIpc) is 2.79. The Morgan fingerprint density at radius 3 is 2.77 bits per heavy atom. The molecule has 1 aliphatic heterocycles. The van der Waals surface area contributed by atoms with Gasteiger partial charge in [0.15, 0.2) is 11.5 Å². The Morgan fingerprint density at radius 2 is 2.00 bits per heavy atom. The molecule has 2 heterocycles. The van der Waals surface area contributed by atoms with Crippen LogP contribution in [0.5, 0.6) is 17.2 Å². The minimum atomic E-state index is 0.513. The van der Waals surface area contributed by atoms with Gasteiger partial charge in [0.05, 0.1) is 37.1 Å². The maximum atomic E-state index is 6.35. The summed E-state index contributed by atoms with van der Waals surface area (Å²) in [5.74, 6) is 3.74. The first kappa shape index (κ1) is 21.5. The SMILES string of the molecule is COc1ccc(Cl)c(Nc2ncnc3cc(OCC4CCNCC4C)c(OC)cc23)c1. The molecule has 4 rings (SSSR count). The van der Waals surface area contributed by atoms with Gasteiger partial charge in [-0.15, -0.1) is 0 Å². The lowest BCUT2D eigenvalue weighted by atomic mass is 9.89. The number of hydrogen-bond acceptors (Lipinski definition) is 7. The first-order valence-electron chi connectivity index (χ1n) is 10.4. The lowest BCUT2D eigenvalue weighted by Crippen LogP contribution is -2.37. The number of aromatic nitrogens is 2. The van der Waals surface area contributed by atoms with Crippen molar-refractivity contribution in [2.75, 3.05) is 39.2 Å². The Labute approximate surface area is 187 Å². The first-order valence-corrected chi connectivity index (χ1v) is 10.7. The zero-order valence-electron chi connectivity index (χ0n) is 17.9. The fraction of sp³-hybridized carbons (Fsp3) is 0.391. The topological polar surface area (TPSA) is 77.5 Å². The van der Waals surface area contributed by atoms with Crippen LogP contribution >= 0.6 is 11.6 Å². The second-order valence-corrected chi connectivity index (χ2v) is 8.16. The summed E-state index contributed by atoms with van der Waals surface area (Å²) in [4.78, 5) is 8.84. The molecular formula is C23H27ClN4O3. The highest BCUT2D eigenvalue weighted by molar-refractivity contribution is 6.33. The second-order valence-electron chi connectivity index (χ2n) is 7.75. The van der Waals surface area contributed by atoms with Gasteiger partial charge >= 0.3 is 0 Å². The monoisotopic (exact) mass is 442 g/mol. The van der Waals surface area contributed by atoms with Gasteiger partial charge in [0.1, 0.15) is 17.9 Å². The molecule has 1 aromatic heterocycles. The molecule has 0 bridgehead atoms. The molecule has 2 N–H and O–H groups in total. The fourth-order valence-corrected chi connectivity index (χ4v) is 3.97. The van der Waals surface area contributed by atoms with E-state index in [0.717, 1.165) is 30.4 Å². The number of methoxy groups -OCH3 is 2. The van der Waals surface area contributed by atoms with Crippen molar-refractivity contribution in [3.63, 3.8) is 0 Å². The lowest BCUT2D eigenvalue weighted by molar-refractivity contribution is 0.165. The van der Waals surface area contributed by atoms with E-state index in [2.05, 4.69) is 27.5 Å². The minimum Gasteiger partial charge on any atom is -0.497 e. The zero-order valence-corrected chi connectivity index (χ0v) is 18.7. The van der Waals surface area contributed by atoms with Gasteiger partial charge in [-0.25, -0.2) is 9.97 Å². The standard InChI is InChI=1S/C23H27ClN4O3/c1-14-11-25-7-6-15(14)12-31-22-10-19-17(9-21(22)30-3)23(27-13-26-19)28-20-8-16(29-2)4-5-18(20)24/h4-5,8-10,13-15,25H,6-7,11-12H2,1-3H3,(H,26,27,28). The van der Waals surface area contributed by atoms with Crippen LogP contribution in [0.4, 0.5) is 11.5 Å². The predicted molar refractivity (Wildman–Crippen MR) is 123 cm³/mol. The highest BCUT2D eigenvalue weighted by atomic mass is 35.5. The molecule has 3 aromatic rings. The van der Waals surface area contributed by atoms with E-state index in [1.54, 1.807) is 20.3 Å². The van der Waals surface area contributed by atoms with Gasteiger partial charge in [0, 0.05) is 17.5 Å². The van der Waals surface area contributed by atoms with Crippen molar-refractivity contribution in [3.8, 4) is 17.2 Å². The average molecular weight is 443 g/mol. The van der Waals surface area contributed by atoms with Gasteiger partial charge < -0.3 is 24.8 Å². The van der Waals surface area contributed by atoms with Crippen molar-refractivity contribution in [3.05, 3.63) is 41.7 Å². The number of fused-ring (bicyclic) bond motifs is 1. The summed E-state index contributed by atoms with van der Waals surface area (Å²) in [6.45, 7) is 4.97. The van der Waals surface area contributed by atoms with Crippen LogP contribution in [-0.2, 0) is 0 Å². The number of rotatable bonds is 7. The van der Waals surface area contributed by atoms with Crippen molar-refractivity contribution in [1.29, 1.82) is 0 Å². The molecule has 0 amide bonds. The highest BCUT2D eigenvalue weighted by Gasteiger charge is 2.22. The number of halogens is 1. The Balaban J connectivity index is 1.62. The van der Waals surface area contributed by atoms with Crippen LogP contribution < -0.4 is 24.8 Å². The molecule has 31 heavy (non-hydrogen) atoms. The van der Waals surface area contributed by atoms with Crippen LogP contribution in [-0.4, -0.2) is 43.9 Å². The summed E-state index contributed by atoms with van der Waals surface area (Å²) >= 11 is 6.35. The van der Waals surface area contributed by atoms with Crippen LogP contribution in [0.15, 0.2) is 36.7 Å². The zero-order chi connectivity index (χ0) is 21.8. The van der Waals surface area contributed by atoms with Gasteiger partial charge in [0.25, 0.3) is 0 Å². The van der Waals surface area contributed by atoms with E-state index in [0.29, 0.717) is 52.2 Å². The second kappa shape index (κ2) is 9.58. The Hall–Kier alpha value is -2.77. The van der Waals surface area contributed by atoms with Gasteiger partial charge in [0.2, 0.25) is 0 Å². The smallest absolute Gasteiger partial charge is 0.163 e. The van der Waals surface area contributed by atoms with Crippen LogP contribution in [0.2, 0.25) is 5.02 Å². The largest absolute Gasteiger partial charge is 0.497 e. The van der Waals surface area contributed by atoms with E-state index in [-0.39, 0.29) is 0 Å². The third-order valence-corrected chi connectivity index (χ3v) is 6.09. The summed E-state index contributed by atoms with van der Waals surface area (Å²) < 4.78 is 17.1. The Morgan fingerprint density at radius 1 is 1.13 bits per heavy atom. The van der Waals surface area contributed by atoms with E-state index < -0.39 is 0 Å². The van der Waals surface area contributed by atoms with Gasteiger partial charge in [-0.3, -0.25) is 0 Å². The van der Waals surface area contributed by atoms with Crippen LogP contribution in [0.1, 0.15) is 13.3 Å². The number of anilines is 2. The molecule has 1 saturated heterocycles. The number of nitrogens with zero attached hydrogens (tertiary/aromatic N) is 2. The molecule has 1 aliphatic rings. The van der Waals surface area contributed by atoms with Gasteiger partial charge in [-0.1, -0.05) is 18.5 Å².